The summed E-state index contributed by atoms with van der Waals surface area (Å²) in [4.78, 5) is 25.4. The molecule has 32 heavy (non-hydrogen) atoms. The number of H-pyrrole nitrogens is 1. The fourth-order valence-corrected chi connectivity index (χ4v) is 4.55. The molecule has 5 nitrogen and oxygen atoms in total. The molecule has 1 aliphatic heterocycles. The molecule has 4 rings (SSSR count). The van der Waals surface area contributed by atoms with Crippen molar-refractivity contribution in [3.05, 3.63) is 59.2 Å². The second-order valence-electron chi connectivity index (χ2n) is 8.83. The van der Waals surface area contributed by atoms with E-state index in [9.17, 15) is 4.79 Å². The van der Waals surface area contributed by atoms with Crippen molar-refractivity contribution in [2.45, 2.75) is 26.2 Å². The third-order valence-electron chi connectivity index (χ3n) is 6.17. The predicted octanol–water partition coefficient (Wildman–Crippen LogP) is 5.77. The summed E-state index contributed by atoms with van der Waals surface area (Å²) in [6.45, 7) is 5.22. The number of carbonyl (C=O) groups excluding carboxylic acids is 1. The van der Waals surface area contributed by atoms with Crippen LogP contribution in [0.25, 0.3) is 22.6 Å². The highest BCUT2D eigenvalue weighted by Gasteiger charge is 2.21. The Hall–Kier alpha value is -2.63. The number of hydrogen-bond donors (Lipinski definition) is 1. The first-order valence-electron chi connectivity index (χ1n) is 11.3. The van der Waals surface area contributed by atoms with E-state index < -0.39 is 0 Å². The standard InChI is InChI=1S/C26H31ClN4O/c1-4-23(32)25-24(19-5-9-21(27)10-6-19)28-26(29-25)20-7-11-22(12-8-20)31-15-13-18(14-16-31)17-30(2)3/h5-12,18H,4,13-17H2,1-3H3,(H,28,29). The van der Waals surface area contributed by atoms with E-state index in [4.69, 9.17) is 16.6 Å². The van der Waals surface area contributed by atoms with Crippen LogP contribution >= 0.6 is 11.6 Å². The lowest BCUT2D eigenvalue weighted by Crippen LogP contribution is -2.37. The van der Waals surface area contributed by atoms with Crippen LogP contribution in [0.2, 0.25) is 5.02 Å². The fraction of sp³-hybridized carbons (Fsp3) is 0.385. The van der Waals surface area contributed by atoms with Gasteiger partial charge in [0, 0.05) is 47.9 Å². The molecule has 0 unspecified atom stereocenters. The van der Waals surface area contributed by atoms with Gasteiger partial charge in [0.1, 0.15) is 11.5 Å². The number of rotatable bonds is 7. The van der Waals surface area contributed by atoms with E-state index in [0.717, 1.165) is 30.1 Å². The third-order valence-corrected chi connectivity index (χ3v) is 6.42. The maximum absolute atomic E-state index is 12.6. The molecule has 0 amide bonds. The predicted molar refractivity (Wildman–Crippen MR) is 133 cm³/mol. The van der Waals surface area contributed by atoms with Crippen molar-refractivity contribution in [3.8, 4) is 22.6 Å². The smallest absolute Gasteiger partial charge is 0.181 e. The summed E-state index contributed by atoms with van der Waals surface area (Å²) in [7, 11) is 4.30. The van der Waals surface area contributed by atoms with Gasteiger partial charge in [-0.15, -0.1) is 0 Å². The van der Waals surface area contributed by atoms with Gasteiger partial charge in [-0.1, -0.05) is 30.7 Å². The highest BCUT2D eigenvalue weighted by atomic mass is 35.5. The second-order valence-corrected chi connectivity index (χ2v) is 9.27. The molecular weight excluding hydrogens is 420 g/mol. The van der Waals surface area contributed by atoms with E-state index in [1.807, 2.05) is 31.2 Å². The Morgan fingerprint density at radius 2 is 1.69 bits per heavy atom. The van der Waals surface area contributed by atoms with Crippen LogP contribution in [0.15, 0.2) is 48.5 Å². The largest absolute Gasteiger partial charge is 0.372 e. The zero-order valence-electron chi connectivity index (χ0n) is 19.1. The summed E-state index contributed by atoms with van der Waals surface area (Å²) in [6, 6.07) is 15.9. The minimum atomic E-state index is 0.0471. The van der Waals surface area contributed by atoms with Crippen LogP contribution < -0.4 is 4.90 Å². The van der Waals surface area contributed by atoms with Crippen molar-refractivity contribution in [1.82, 2.24) is 14.9 Å². The van der Waals surface area contributed by atoms with Crippen molar-refractivity contribution in [2.24, 2.45) is 5.92 Å². The van der Waals surface area contributed by atoms with Crippen LogP contribution in [0, 0.1) is 5.92 Å². The first kappa shape index (κ1) is 22.6. The first-order chi connectivity index (χ1) is 15.4. The van der Waals surface area contributed by atoms with Crippen LogP contribution in [-0.2, 0) is 0 Å². The Morgan fingerprint density at radius 1 is 1.06 bits per heavy atom. The van der Waals surface area contributed by atoms with Crippen molar-refractivity contribution < 1.29 is 4.79 Å². The highest BCUT2D eigenvalue weighted by molar-refractivity contribution is 6.30. The minimum Gasteiger partial charge on any atom is -0.372 e. The lowest BCUT2D eigenvalue weighted by Gasteiger charge is -2.34. The molecular formula is C26H31ClN4O. The summed E-state index contributed by atoms with van der Waals surface area (Å²) < 4.78 is 0. The summed E-state index contributed by atoms with van der Waals surface area (Å²) in [5.41, 5.74) is 4.33. The number of benzene rings is 2. The van der Waals surface area contributed by atoms with Crippen molar-refractivity contribution >= 4 is 23.1 Å². The number of halogens is 1. The van der Waals surface area contributed by atoms with Crippen molar-refractivity contribution in [1.29, 1.82) is 0 Å². The number of aromatic nitrogens is 2. The number of anilines is 1. The maximum atomic E-state index is 12.6. The molecule has 2 aromatic carbocycles. The zero-order valence-corrected chi connectivity index (χ0v) is 19.8. The van der Waals surface area contributed by atoms with Gasteiger partial charge in [-0.3, -0.25) is 4.79 Å². The lowest BCUT2D eigenvalue weighted by atomic mass is 9.96. The van der Waals surface area contributed by atoms with E-state index >= 15 is 0 Å². The summed E-state index contributed by atoms with van der Waals surface area (Å²) in [5.74, 6) is 1.54. The second kappa shape index (κ2) is 9.88. The van der Waals surface area contributed by atoms with Crippen LogP contribution in [-0.4, -0.2) is 54.4 Å². The molecule has 1 saturated heterocycles. The van der Waals surface area contributed by atoms with Gasteiger partial charge in [-0.2, -0.15) is 0 Å². The summed E-state index contributed by atoms with van der Waals surface area (Å²) in [5, 5.41) is 0.661. The monoisotopic (exact) mass is 450 g/mol. The van der Waals surface area contributed by atoms with Gasteiger partial charge in [-0.25, -0.2) is 4.98 Å². The SMILES string of the molecule is CCC(=O)c1[nH]c(-c2ccc(N3CCC(CN(C)C)CC3)cc2)nc1-c1ccc(Cl)cc1. The normalized spacial score (nSPS) is 14.8. The molecule has 0 bridgehead atoms. The Morgan fingerprint density at radius 3 is 2.28 bits per heavy atom. The van der Waals surface area contributed by atoms with Crippen LogP contribution in [0.4, 0.5) is 5.69 Å². The van der Waals surface area contributed by atoms with Crippen molar-refractivity contribution in [3.63, 3.8) is 0 Å². The van der Waals surface area contributed by atoms with E-state index in [0.29, 0.717) is 28.7 Å². The molecule has 168 valence electrons. The molecule has 1 aromatic heterocycles. The number of nitrogens with one attached hydrogen (secondary N) is 1. The number of ketones is 1. The Balaban J connectivity index is 1.54. The molecule has 6 heteroatoms. The van der Waals surface area contributed by atoms with Crippen LogP contribution in [0.5, 0.6) is 0 Å². The molecule has 1 fully saturated rings. The molecule has 0 atom stereocenters. The van der Waals surface area contributed by atoms with Gasteiger partial charge < -0.3 is 14.8 Å². The molecule has 0 aliphatic carbocycles. The Kier molecular flexibility index (Phi) is 6.97. The number of piperidine rings is 1. The number of carbonyl (C=O) groups is 1. The average Bonchev–Trinajstić information content (AvgIpc) is 3.25. The maximum Gasteiger partial charge on any atom is 0.181 e. The molecule has 1 aliphatic rings. The molecule has 0 radical (unpaired) electrons. The van der Waals surface area contributed by atoms with Gasteiger partial charge >= 0.3 is 0 Å². The first-order valence-corrected chi connectivity index (χ1v) is 11.7. The Labute approximate surface area is 195 Å². The Bertz CT molecular complexity index is 1050. The van der Waals surface area contributed by atoms with Gasteiger partial charge in [0.15, 0.2) is 5.78 Å². The number of imidazole rings is 1. The van der Waals surface area contributed by atoms with Gasteiger partial charge in [0.05, 0.1) is 5.69 Å². The molecule has 0 spiro atoms. The van der Waals surface area contributed by atoms with Crippen molar-refractivity contribution in [2.75, 3.05) is 38.6 Å². The topological polar surface area (TPSA) is 52.2 Å². The molecule has 0 saturated carbocycles. The van der Waals surface area contributed by atoms with Crippen LogP contribution in [0.3, 0.4) is 0 Å². The van der Waals surface area contributed by atoms with E-state index in [1.54, 1.807) is 0 Å². The number of Topliss-reactive ketones (excluding diaryl/α,β-unsaturated/α-hetero) is 1. The molecule has 1 N–H and O–H groups in total. The lowest BCUT2D eigenvalue weighted by molar-refractivity contribution is 0.0984. The summed E-state index contributed by atoms with van der Waals surface area (Å²) >= 11 is 6.04. The highest BCUT2D eigenvalue weighted by Crippen LogP contribution is 2.30. The zero-order chi connectivity index (χ0) is 22.7. The van der Waals surface area contributed by atoms with Gasteiger partial charge in [0.25, 0.3) is 0 Å². The molecule has 2 heterocycles. The van der Waals surface area contributed by atoms with E-state index in [2.05, 4.69) is 53.1 Å². The van der Waals surface area contributed by atoms with E-state index in [-0.39, 0.29) is 5.78 Å². The van der Waals surface area contributed by atoms with Gasteiger partial charge in [-0.05, 0) is 69.3 Å². The van der Waals surface area contributed by atoms with E-state index in [1.165, 1.54) is 25.1 Å². The third kappa shape index (κ3) is 5.05. The van der Waals surface area contributed by atoms with Gasteiger partial charge in [0.2, 0.25) is 0 Å². The number of nitrogens with zero attached hydrogens (tertiary/aromatic N) is 3. The number of hydrogen-bond acceptors (Lipinski definition) is 4. The average molecular weight is 451 g/mol. The fourth-order valence-electron chi connectivity index (χ4n) is 4.43. The quantitative estimate of drug-likeness (QED) is 0.464. The summed E-state index contributed by atoms with van der Waals surface area (Å²) in [6.07, 6.45) is 2.88. The minimum absolute atomic E-state index is 0.0471. The van der Waals surface area contributed by atoms with Crippen LogP contribution in [0.1, 0.15) is 36.7 Å². The number of aromatic amines is 1. The molecule has 3 aromatic rings.